The second kappa shape index (κ2) is 4.00. The standard InChI is InChI=1S/C27H18O2/c1-8-12-5-16-10(3)26(28)24-22(18(12)16)20-14(8)7-15-9(2)13-6-17-11(4)27(29)25(24)23(19(13)17)21(15)20/h5-7H2,1-4H3. The Hall–Kier alpha value is -3.00. The monoisotopic (exact) mass is 374 g/mol. The van der Waals surface area contributed by atoms with Crippen LogP contribution in [0.15, 0.2) is 9.59 Å². The Labute approximate surface area is 166 Å². The van der Waals surface area contributed by atoms with Crippen molar-refractivity contribution < 1.29 is 0 Å². The smallest absolute Gasteiger partial charge is 0.190 e. The van der Waals surface area contributed by atoms with Gasteiger partial charge in [-0.3, -0.25) is 9.59 Å². The molecule has 0 amide bonds. The van der Waals surface area contributed by atoms with E-state index in [9.17, 15) is 9.59 Å². The van der Waals surface area contributed by atoms with Crippen molar-refractivity contribution in [1.29, 1.82) is 0 Å². The maximum absolute atomic E-state index is 13.6. The van der Waals surface area contributed by atoms with Crippen LogP contribution in [0.5, 0.6) is 0 Å². The molecule has 0 heterocycles. The molecule has 0 aliphatic heterocycles. The summed E-state index contributed by atoms with van der Waals surface area (Å²) in [6.45, 7) is 8.43. The molecule has 138 valence electrons. The lowest BCUT2D eigenvalue weighted by Gasteiger charge is -2.30. The topological polar surface area (TPSA) is 34.1 Å². The minimum atomic E-state index is 0.0801. The molecule has 3 aliphatic carbocycles. The second-order valence-corrected chi connectivity index (χ2v) is 9.56. The Morgan fingerprint density at radius 1 is 0.379 bits per heavy atom. The van der Waals surface area contributed by atoms with Gasteiger partial charge in [-0.2, -0.15) is 0 Å². The molecule has 2 heteroatoms. The van der Waals surface area contributed by atoms with Crippen molar-refractivity contribution in [1.82, 2.24) is 0 Å². The third-order valence-electron chi connectivity index (χ3n) is 8.72. The molecule has 0 spiro atoms. The summed E-state index contributed by atoms with van der Waals surface area (Å²) < 4.78 is 0. The first-order valence-corrected chi connectivity index (χ1v) is 10.5. The number of hydrogen-bond acceptors (Lipinski definition) is 2. The molecule has 2 nitrogen and oxygen atoms in total. The molecule has 8 rings (SSSR count). The molecule has 0 aromatic heterocycles. The van der Waals surface area contributed by atoms with Crippen LogP contribution < -0.4 is 10.9 Å². The zero-order valence-corrected chi connectivity index (χ0v) is 16.9. The maximum Gasteiger partial charge on any atom is 0.190 e. The van der Waals surface area contributed by atoms with Gasteiger partial charge in [0.15, 0.2) is 10.9 Å². The van der Waals surface area contributed by atoms with E-state index in [-0.39, 0.29) is 10.9 Å². The van der Waals surface area contributed by atoms with E-state index < -0.39 is 0 Å². The van der Waals surface area contributed by atoms with Gasteiger partial charge >= 0.3 is 0 Å². The normalized spacial score (nSPS) is 15.4. The summed E-state index contributed by atoms with van der Waals surface area (Å²) >= 11 is 0. The van der Waals surface area contributed by atoms with Gasteiger partial charge in [0.2, 0.25) is 0 Å². The van der Waals surface area contributed by atoms with E-state index in [4.69, 9.17) is 0 Å². The van der Waals surface area contributed by atoms with Crippen molar-refractivity contribution in [3.05, 3.63) is 76.1 Å². The average Bonchev–Trinajstić information content (AvgIpc) is 3.04. The predicted molar refractivity (Wildman–Crippen MR) is 119 cm³/mol. The van der Waals surface area contributed by atoms with Crippen molar-refractivity contribution in [2.45, 2.75) is 47.0 Å². The molecule has 0 atom stereocenters. The van der Waals surface area contributed by atoms with Crippen molar-refractivity contribution in [2.75, 3.05) is 0 Å². The Kier molecular flexibility index (Phi) is 2.06. The van der Waals surface area contributed by atoms with Crippen molar-refractivity contribution in [3.63, 3.8) is 0 Å². The maximum atomic E-state index is 13.6. The van der Waals surface area contributed by atoms with Crippen LogP contribution in [-0.2, 0) is 19.3 Å². The van der Waals surface area contributed by atoms with Crippen LogP contribution in [0.3, 0.4) is 0 Å². The lowest BCUT2D eigenvalue weighted by molar-refractivity contribution is 1.06. The molecule has 5 aromatic carbocycles. The van der Waals surface area contributed by atoms with Gasteiger partial charge in [-0.25, -0.2) is 0 Å². The minimum Gasteiger partial charge on any atom is -0.289 e. The lowest BCUT2D eigenvalue weighted by Crippen LogP contribution is -2.23. The molecule has 0 saturated carbocycles. The lowest BCUT2D eigenvalue weighted by atomic mass is 9.72. The quantitative estimate of drug-likeness (QED) is 0.281. The molecule has 29 heavy (non-hydrogen) atoms. The van der Waals surface area contributed by atoms with Crippen LogP contribution in [0.2, 0.25) is 0 Å². The average molecular weight is 374 g/mol. The van der Waals surface area contributed by atoms with Gasteiger partial charge in [0.25, 0.3) is 0 Å². The van der Waals surface area contributed by atoms with E-state index in [1.807, 2.05) is 13.8 Å². The fourth-order valence-electron chi connectivity index (χ4n) is 7.06. The van der Waals surface area contributed by atoms with E-state index in [2.05, 4.69) is 13.8 Å². The third-order valence-corrected chi connectivity index (χ3v) is 8.72. The first-order valence-electron chi connectivity index (χ1n) is 10.5. The van der Waals surface area contributed by atoms with Gasteiger partial charge in [-0.1, -0.05) is 0 Å². The molecule has 0 saturated heterocycles. The summed E-state index contributed by atoms with van der Waals surface area (Å²) in [6.07, 6.45) is 2.75. The van der Waals surface area contributed by atoms with Crippen molar-refractivity contribution in [2.24, 2.45) is 0 Å². The Morgan fingerprint density at radius 3 is 1.07 bits per heavy atom. The first-order chi connectivity index (χ1) is 13.9. The number of benzene rings is 5. The van der Waals surface area contributed by atoms with E-state index >= 15 is 0 Å². The molecule has 3 aliphatic rings. The largest absolute Gasteiger partial charge is 0.289 e. The molecular weight excluding hydrogens is 356 g/mol. The first kappa shape index (κ1) is 14.9. The summed E-state index contributed by atoms with van der Waals surface area (Å²) in [6, 6.07) is 0. The molecular formula is C27H18O2. The van der Waals surface area contributed by atoms with Crippen molar-refractivity contribution in [3.8, 4) is 0 Å². The van der Waals surface area contributed by atoms with Crippen LogP contribution >= 0.6 is 0 Å². The summed E-state index contributed by atoms with van der Waals surface area (Å²) in [5.74, 6) is 0. The number of fused-ring (bicyclic) bond motifs is 1. The summed E-state index contributed by atoms with van der Waals surface area (Å²) in [4.78, 5) is 27.2. The molecule has 0 N–H and O–H groups in total. The highest BCUT2D eigenvalue weighted by atomic mass is 16.1. The molecule has 5 aromatic rings. The van der Waals surface area contributed by atoms with Gasteiger partial charge < -0.3 is 0 Å². The Balaban J connectivity index is 1.92. The zero-order chi connectivity index (χ0) is 19.7. The van der Waals surface area contributed by atoms with Gasteiger partial charge in [0.05, 0.1) is 0 Å². The Bertz CT molecular complexity index is 1700. The second-order valence-electron chi connectivity index (χ2n) is 9.56. The number of hydrogen-bond donors (Lipinski definition) is 0. The van der Waals surface area contributed by atoms with Crippen LogP contribution in [0.25, 0.3) is 43.1 Å². The highest BCUT2D eigenvalue weighted by Crippen LogP contribution is 2.55. The summed E-state index contributed by atoms with van der Waals surface area (Å²) in [5.41, 5.74) is 12.7. The fourth-order valence-corrected chi connectivity index (χ4v) is 7.06. The van der Waals surface area contributed by atoms with Crippen LogP contribution in [0.1, 0.15) is 55.6 Å². The third kappa shape index (κ3) is 1.20. The van der Waals surface area contributed by atoms with Gasteiger partial charge in [-0.05, 0) is 113 Å². The summed E-state index contributed by atoms with van der Waals surface area (Å²) in [5, 5.41) is 8.74. The summed E-state index contributed by atoms with van der Waals surface area (Å²) in [7, 11) is 0. The van der Waals surface area contributed by atoms with Crippen LogP contribution in [0.4, 0.5) is 0 Å². The minimum absolute atomic E-state index is 0.0801. The molecule has 0 radical (unpaired) electrons. The van der Waals surface area contributed by atoms with E-state index in [0.717, 1.165) is 41.2 Å². The fraction of sp³-hybridized carbons (Fsp3) is 0.259. The van der Waals surface area contributed by atoms with Gasteiger partial charge in [0.1, 0.15) is 0 Å². The Morgan fingerprint density at radius 2 is 0.690 bits per heavy atom. The molecule has 0 unspecified atom stereocenters. The van der Waals surface area contributed by atoms with Crippen molar-refractivity contribution >= 4 is 43.1 Å². The molecule has 0 bridgehead atoms. The number of rotatable bonds is 0. The van der Waals surface area contributed by atoms with Gasteiger partial charge in [-0.15, -0.1) is 0 Å². The van der Waals surface area contributed by atoms with Crippen LogP contribution in [0, 0.1) is 27.7 Å². The highest BCUT2D eigenvalue weighted by Gasteiger charge is 2.38. The van der Waals surface area contributed by atoms with E-state index in [1.165, 1.54) is 66.1 Å². The zero-order valence-electron chi connectivity index (χ0n) is 16.9. The van der Waals surface area contributed by atoms with Gasteiger partial charge in [0, 0.05) is 32.7 Å². The van der Waals surface area contributed by atoms with Crippen LogP contribution in [-0.4, -0.2) is 0 Å². The highest BCUT2D eigenvalue weighted by molar-refractivity contribution is 6.38. The SMILES string of the molecule is Cc1c2c3c(c(C)c(=O)c4c5c(=O)c(C)c6c7c(c(C)c8c(c(c1C8)c34)c75)C6)C2. The van der Waals surface area contributed by atoms with E-state index in [0.29, 0.717) is 10.8 Å². The van der Waals surface area contributed by atoms with E-state index in [1.54, 1.807) is 0 Å². The molecule has 0 fully saturated rings. The predicted octanol–water partition coefficient (Wildman–Crippen LogP) is 4.84.